The standard InChI is InChI=1S/C28H32N4O3/c1-30-24-16-20(18-7-8-18)15-23(19-5-3-2-4-6-19)26(24)29-27(30)28(35)31-13-14-32(25(34)17-31)21-9-11-22(33)12-10-21/h2-6,15-16,18,21-22,33H,7-14,17H2,1H3/t21-,22-. The van der Waals surface area contributed by atoms with E-state index in [1.165, 1.54) is 18.4 Å². The van der Waals surface area contributed by atoms with E-state index in [4.69, 9.17) is 4.98 Å². The van der Waals surface area contributed by atoms with Crippen molar-refractivity contribution in [1.29, 1.82) is 0 Å². The molecule has 2 saturated carbocycles. The zero-order valence-electron chi connectivity index (χ0n) is 20.2. The fourth-order valence-corrected chi connectivity index (χ4v) is 5.75. The molecule has 1 aromatic heterocycles. The number of benzene rings is 2. The Balaban J connectivity index is 1.29. The molecule has 6 rings (SSSR count). The molecule has 0 unspecified atom stereocenters. The van der Waals surface area contributed by atoms with E-state index in [2.05, 4.69) is 24.3 Å². The summed E-state index contributed by atoms with van der Waals surface area (Å²) in [5, 5.41) is 9.80. The molecule has 0 radical (unpaired) electrons. The number of amides is 2. The Bertz CT molecular complexity index is 1270. The van der Waals surface area contributed by atoms with Crippen LogP contribution in [0.4, 0.5) is 0 Å². The van der Waals surface area contributed by atoms with Crippen molar-refractivity contribution < 1.29 is 14.7 Å². The number of aryl methyl sites for hydroxylation is 1. The number of carbonyl (C=O) groups excluding carboxylic acids is 2. The predicted molar refractivity (Wildman–Crippen MR) is 134 cm³/mol. The van der Waals surface area contributed by atoms with E-state index in [0.717, 1.165) is 47.8 Å². The number of nitrogens with zero attached hydrogens (tertiary/aromatic N) is 4. The molecule has 1 aliphatic heterocycles. The largest absolute Gasteiger partial charge is 0.393 e. The predicted octanol–water partition coefficient (Wildman–Crippen LogP) is 3.71. The Kier molecular flexibility index (Phi) is 5.60. The highest BCUT2D eigenvalue weighted by Gasteiger charge is 2.35. The third-order valence-electron chi connectivity index (χ3n) is 7.99. The molecule has 35 heavy (non-hydrogen) atoms. The Morgan fingerprint density at radius 3 is 2.43 bits per heavy atom. The van der Waals surface area contributed by atoms with Crippen molar-refractivity contribution >= 4 is 22.8 Å². The van der Waals surface area contributed by atoms with Gasteiger partial charge in [-0.2, -0.15) is 0 Å². The summed E-state index contributed by atoms with van der Waals surface area (Å²) in [7, 11) is 1.90. The number of fused-ring (bicyclic) bond motifs is 1. The highest BCUT2D eigenvalue weighted by atomic mass is 16.3. The lowest BCUT2D eigenvalue weighted by Crippen LogP contribution is -2.56. The molecule has 7 heteroatoms. The second-order valence-electron chi connectivity index (χ2n) is 10.3. The minimum Gasteiger partial charge on any atom is -0.393 e. The zero-order chi connectivity index (χ0) is 24.1. The number of aliphatic hydroxyl groups excluding tert-OH is 1. The van der Waals surface area contributed by atoms with Crippen LogP contribution in [0.3, 0.4) is 0 Å². The number of carbonyl (C=O) groups is 2. The summed E-state index contributed by atoms with van der Waals surface area (Å²) in [6.45, 7) is 1.13. The lowest BCUT2D eigenvalue weighted by Gasteiger charge is -2.41. The number of aromatic nitrogens is 2. The highest BCUT2D eigenvalue weighted by Crippen LogP contribution is 2.43. The van der Waals surface area contributed by atoms with Crippen LogP contribution in [0.2, 0.25) is 0 Å². The number of aliphatic hydroxyl groups is 1. The summed E-state index contributed by atoms with van der Waals surface area (Å²) in [5.74, 6) is 0.767. The van der Waals surface area contributed by atoms with Crippen LogP contribution in [0.5, 0.6) is 0 Å². The van der Waals surface area contributed by atoms with Crippen molar-refractivity contribution in [2.75, 3.05) is 19.6 Å². The molecular formula is C28H32N4O3. The molecule has 0 atom stereocenters. The van der Waals surface area contributed by atoms with E-state index < -0.39 is 0 Å². The van der Waals surface area contributed by atoms with Gasteiger partial charge in [0.05, 0.1) is 17.1 Å². The molecule has 0 bridgehead atoms. The molecule has 3 fully saturated rings. The molecule has 1 N–H and O–H groups in total. The molecule has 2 aliphatic carbocycles. The van der Waals surface area contributed by atoms with Crippen molar-refractivity contribution in [3.8, 4) is 11.1 Å². The molecule has 2 aromatic carbocycles. The van der Waals surface area contributed by atoms with E-state index in [-0.39, 0.29) is 30.5 Å². The van der Waals surface area contributed by atoms with Crippen LogP contribution in [-0.4, -0.2) is 68.1 Å². The molecule has 7 nitrogen and oxygen atoms in total. The molecule has 3 aromatic rings. The van der Waals surface area contributed by atoms with Gasteiger partial charge >= 0.3 is 0 Å². The van der Waals surface area contributed by atoms with Crippen LogP contribution in [0.25, 0.3) is 22.2 Å². The lowest BCUT2D eigenvalue weighted by atomic mass is 9.91. The number of hydrogen-bond donors (Lipinski definition) is 1. The Morgan fingerprint density at radius 1 is 1.00 bits per heavy atom. The summed E-state index contributed by atoms with van der Waals surface area (Å²) >= 11 is 0. The third kappa shape index (κ3) is 4.12. The SMILES string of the molecule is Cn1c(C(=O)N2CCN([C@H]3CC[C@H](O)CC3)C(=O)C2)nc2c(-c3ccccc3)cc(C3CC3)cc21. The molecule has 1 saturated heterocycles. The van der Waals surface area contributed by atoms with Crippen LogP contribution < -0.4 is 0 Å². The lowest BCUT2D eigenvalue weighted by molar-refractivity contribution is -0.138. The molecule has 182 valence electrons. The van der Waals surface area contributed by atoms with Gasteiger partial charge in [-0.1, -0.05) is 30.3 Å². The zero-order valence-corrected chi connectivity index (χ0v) is 20.2. The van der Waals surface area contributed by atoms with Crippen molar-refractivity contribution in [1.82, 2.24) is 19.4 Å². The average molecular weight is 473 g/mol. The topological polar surface area (TPSA) is 78.7 Å². The van der Waals surface area contributed by atoms with Crippen LogP contribution in [0, 0.1) is 0 Å². The van der Waals surface area contributed by atoms with Gasteiger partial charge in [-0.25, -0.2) is 4.98 Å². The Labute approximate surface area is 205 Å². The quantitative estimate of drug-likeness (QED) is 0.628. The van der Waals surface area contributed by atoms with Crippen LogP contribution >= 0.6 is 0 Å². The molecular weight excluding hydrogens is 440 g/mol. The van der Waals surface area contributed by atoms with Gasteiger partial charge in [0.1, 0.15) is 6.54 Å². The summed E-state index contributed by atoms with van der Waals surface area (Å²) < 4.78 is 1.90. The van der Waals surface area contributed by atoms with Crippen LogP contribution in [0.15, 0.2) is 42.5 Å². The summed E-state index contributed by atoms with van der Waals surface area (Å²) in [6.07, 6.45) is 5.30. The van der Waals surface area contributed by atoms with Gasteiger partial charge in [0.15, 0.2) is 5.82 Å². The fourth-order valence-electron chi connectivity index (χ4n) is 5.75. The number of hydrogen-bond acceptors (Lipinski definition) is 4. The minimum absolute atomic E-state index is 0.00857. The normalized spacial score (nSPS) is 23.2. The minimum atomic E-state index is -0.247. The maximum atomic E-state index is 13.6. The summed E-state index contributed by atoms with van der Waals surface area (Å²) in [5.41, 5.74) is 5.25. The number of rotatable bonds is 4. The van der Waals surface area contributed by atoms with E-state index in [9.17, 15) is 14.7 Å². The molecule has 3 aliphatic rings. The van der Waals surface area contributed by atoms with Crippen molar-refractivity contribution in [3.63, 3.8) is 0 Å². The average Bonchev–Trinajstić information content (AvgIpc) is 3.68. The number of piperazine rings is 1. The van der Waals surface area contributed by atoms with E-state index in [1.807, 2.05) is 34.7 Å². The van der Waals surface area contributed by atoms with Gasteiger partial charge in [0, 0.05) is 31.7 Å². The second kappa shape index (κ2) is 8.79. The summed E-state index contributed by atoms with van der Waals surface area (Å²) in [4.78, 5) is 35.0. The van der Waals surface area contributed by atoms with E-state index in [0.29, 0.717) is 24.8 Å². The van der Waals surface area contributed by atoms with E-state index in [1.54, 1.807) is 4.90 Å². The van der Waals surface area contributed by atoms with Gasteiger partial charge in [0.25, 0.3) is 5.91 Å². The maximum Gasteiger partial charge on any atom is 0.290 e. The van der Waals surface area contributed by atoms with Crippen LogP contribution in [0.1, 0.15) is 60.6 Å². The molecule has 2 heterocycles. The van der Waals surface area contributed by atoms with Gasteiger partial charge in [0.2, 0.25) is 5.91 Å². The first-order chi connectivity index (χ1) is 17.0. The van der Waals surface area contributed by atoms with E-state index >= 15 is 0 Å². The smallest absolute Gasteiger partial charge is 0.290 e. The first-order valence-corrected chi connectivity index (χ1v) is 12.8. The van der Waals surface area contributed by atoms with Gasteiger partial charge in [-0.3, -0.25) is 9.59 Å². The fraction of sp³-hybridized carbons (Fsp3) is 0.464. The van der Waals surface area contributed by atoms with Gasteiger partial charge in [-0.05, 0) is 67.7 Å². The Morgan fingerprint density at radius 2 is 1.74 bits per heavy atom. The molecule has 0 spiro atoms. The maximum absolute atomic E-state index is 13.6. The van der Waals surface area contributed by atoms with Gasteiger partial charge < -0.3 is 19.5 Å². The highest BCUT2D eigenvalue weighted by molar-refractivity contribution is 6.01. The van der Waals surface area contributed by atoms with Crippen molar-refractivity contribution in [2.24, 2.45) is 7.05 Å². The monoisotopic (exact) mass is 472 g/mol. The molecule has 2 amide bonds. The first kappa shape index (κ1) is 22.3. The van der Waals surface area contributed by atoms with Crippen LogP contribution in [-0.2, 0) is 11.8 Å². The third-order valence-corrected chi connectivity index (χ3v) is 7.99. The van der Waals surface area contributed by atoms with Crippen molar-refractivity contribution in [3.05, 3.63) is 53.9 Å². The number of imidazole rings is 1. The Hall–Kier alpha value is -3.19. The summed E-state index contributed by atoms with van der Waals surface area (Å²) in [6, 6.07) is 14.8. The van der Waals surface area contributed by atoms with Crippen molar-refractivity contribution in [2.45, 2.75) is 56.6 Å². The van der Waals surface area contributed by atoms with Gasteiger partial charge in [-0.15, -0.1) is 0 Å². The second-order valence-corrected chi connectivity index (χ2v) is 10.3. The first-order valence-electron chi connectivity index (χ1n) is 12.8.